The summed E-state index contributed by atoms with van der Waals surface area (Å²) in [5, 5.41) is 0. The molecule has 1 unspecified atom stereocenters. The molecule has 0 aliphatic heterocycles. The van der Waals surface area contributed by atoms with Crippen molar-refractivity contribution in [2.24, 2.45) is 11.5 Å². The van der Waals surface area contributed by atoms with Gasteiger partial charge in [-0.1, -0.05) is 31.8 Å². The lowest BCUT2D eigenvalue weighted by Gasteiger charge is -2.04. The SMILES string of the molecule is C=CC(N)CCCCCCCN. The average Bonchev–Trinajstić information content (AvgIpc) is 2.10. The number of hydrogen-bond acceptors (Lipinski definition) is 2. The lowest BCUT2D eigenvalue weighted by molar-refractivity contribution is 0.577. The maximum absolute atomic E-state index is 5.68. The second-order valence-corrected chi connectivity index (χ2v) is 3.24. The third-order valence-corrected chi connectivity index (χ3v) is 2.04. The van der Waals surface area contributed by atoms with E-state index in [0.717, 1.165) is 19.4 Å². The molecule has 0 heterocycles. The molecule has 0 fully saturated rings. The average molecular weight is 170 g/mol. The molecule has 0 aromatic heterocycles. The Morgan fingerprint density at radius 3 is 2.25 bits per heavy atom. The van der Waals surface area contributed by atoms with Crippen LogP contribution in [0, 0.1) is 0 Å². The van der Waals surface area contributed by atoms with Crippen molar-refractivity contribution < 1.29 is 0 Å². The zero-order valence-corrected chi connectivity index (χ0v) is 7.97. The molecule has 0 amide bonds. The second-order valence-electron chi connectivity index (χ2n) is 3.24. The fourth-order valence-corrected chi connectivity index (χ4v) is 1.17. The van der Waals surface area contributed by atoms with Crippen LogP contribution in [-0.4, -0.2) is 12.6 Å². The Bertz CT molecular complexity index is 102. The summed E-state index contributed by atoms with van der Waals surface area (Å²) in [5.41, 5.74) is 11.1. The van der Waals surface area contributed by atoms with Crippen LogP contribution in [0.4, 0.5) is 0 Å². The Labute approximate surface area is 76.0 Å². The first kappa shape index (κ1) is 11.7. The van der Waals surface area contributed by atoms with Crippen LogP contribution in [-0.2, 0) is 0 Å². The minimum absolute atomic E-state index is 0.194. The van der Waals surface area contributed by atoms with Gasteiger partial charge >= 0.3 is 0 Å². The monoisotopic (exact) mass is 170 g/mol. The molecule has 12 heavy (non-hydrogen) atoms. The standard InChI is InChI=1S/C10H22N2/c1-2-10(12)8-6-4-3-5-7-9-11/h2,10H,1,3-9,11-12H2. The summed E-state index contributed by atoms with van der Waals surface area (Å²) >= 11 is 0. The molecule has 0 radical (unpaired) electrons. The molecular weight excluding hydrogens is 148 g/mol. The summed E-state index contributed by atoms with van der Waals surface area (Å²) in [6.45, 7) is 4.47. The van der Waals surface area contributed by atoms with Gasteiger partial charge in [0.25, 0.3) is 0 Å². The number of hydrogen-bond donors (Lipinski definition) is 2. The lowest BCUT2D eigenvalue weighted by atomic mass is 10.1. The van der Waals surface area contributed by atoms with Crippen LogP contribution in [0.15, 0.2) is 12.7 Å². The molecule has 0 saturated heterocycles. The van der Waals surface area contributed by atoms with E-state index < -0.39 is 0 Å². The molecule has 72 valence electrons. The quantitative estimate of drug-likeness (QED) is 0.431. The third-order valence-electron chi connectivity index (χ3n) is 2.04. The van der Waals surface area contributed by atoms with Gasteiger partial charge in [0.2, 0.25) is 0 Å². The van der Waals surface area contributed by atoms with Gasteiger partial charge in [0.05, 0.1) is 0 Å². The van der Waals surface area contributed by atoms with Crippen LogP contribution in [0.2, 0.25) is 0 Å². The van der Waals surface area contributed by atoms with Crippen LogP contribution in [0.5, 0.6) is 0 Å². The molecule has 4 N–H and O–H groups in total. The summed E-state index contributed by atoms with van der Waals surface area (Å²) in [5.74, 6) is 0. The van der Waals surface area contributed by atoms with Crippen LogP contribution >= 0.6 is 0 Å². The lowest BCUT2D eigenvalue weighted by Crippen LogP contribution is -2.15. The largest absolute Gasteiger partial charge is 0.330 e. The number of nitrogens with two attached hydrogens (primary N) is 2. The van der Waals surface area contributed by atoms with Gasteiger partial charge in [-0.3, -0.25) is 0 Å². The van der Waals surface area contributed by atoms with Crippen LogP contribution in [0.25, 0.3) is 0 Å². The van der Waals surface area contributed by atoms with Gasteiger partial charge in [0.15, 0.2) is 0 Å². The highest BCUT2D eigenvalue weighted by molar-refractivity contribution is 4.81. The van der Waals surface area contributed by atoms with Crippen molar-refractivity contribution in [3.63, 3.8) is 0 Å². The van der Waals surface area contributed by atoms with Gasteiger partial charge in [0, 0.05) is 6.04 Å². The zero-order chi connectivity index (χ0) is 9.23. The first-order valence-electron chi connectivity index (χ1n) is 4.89. The zero-order valence-electron chi connectivity index (χ0n) is 7.97. The van der Waals surface area contributed by atoms with E-state index in [9.17, 15) is 0 Å². The van der Waals surface area contributed by atoms with Gasteiger partial charge in [-0.05, 0) is 19.4 Å². The highest BCUT2D eigenvalue weighted by atomic mass is 14.6. The normalized spacial score (nSPS) is 12.8. The second kappa shape index (κ2) is 8.75. The molecule has 2 nitrogen and oxygen atoms in total. The molecular formula is C10H22N2. The summed E-state index contributed by atoms with van der Waals surface area (Å²) in [6, 6.07) is 0.194. The molecule has 0 spiro atoms. The van der Waals surface area contributed by atoms with E-state index in [1.54, 1.807) is 0 Å². The summed E-state index contributed by atoms with van der Waals surface area (Å²) in [4.78, 5) is 0. The van der Waals surface area contributed by atoms with E-state index in [2.05, 4.69) is 6.58 Å². The van der Waals surface area contributed by atoms with E-state index in [1.807, 2.05) is 6.08 Å². The van der Waals surface area contributed by atoms with Crippen molar-refractivity contribution in [1.29, 1.82) is 0 Å². The van der Waals surface area contributed by atoms with Crippen molar-refractivity contribution >= 4 is 0 Å². The van der Waals surface area contributed by atoms with Gasteiger partial charge in [-0.15, -0.1) is 6.58 Å². The van der Waals surface area contributed by atoms with E-state index in [-0.39, 0.29) is 6.04 Å². The minimum Gasteiger partial charge on any atom is -0.330 e. The summed E-state index contributed by atoms with van der Waals surface area (Å²) in [7, 11) is 0. The first-order valence-corrected chi connectivity index (χ1v) is 4.89. The number of rotatable bonds is 8. The van der Waals surface area contributed by atoms with E-state index in [1.165, 1.54) is 25.7 Å². The fourth-order valence-electron chi connectivity index (χ4n) is 1.17. The highest BCUT2D eigenvalue weighted by Gasteiger charge is 1.95. The Morgan fingerprint density at radius 1 is 1.08 bits per heavy atom. The molecule has 0 aromatic rings. The van der Waals surface area contributed by atoms with Crippen LogP contribution in [0.1, 0.15) is 38.5 Å². The molecule has 0 aliphatic carbocycles. The van der Waals surface area contributed by atoms with Crippen molar-refractivity contribution in [1.82, 2.24) is 0 Å². The Hall–Kier alpha value is -0.340. The Balaban J connectivity index is 2.95. The van der Waals surface area contributed by atoms with Crippen LogP contribution < -0.4 is 11.5 Å². The van der Waals surface area contributed by atoms with Crippen molar-refractivity contribution in [3.05, 3.63) is 12.7 Å². The molecule has 0 rings (SSSR count). The van der Waals surface area contributed by atoms with E-state index >= 15 is 0 Å². The predicted octanol–water partition coefficient (Wildman–Crippen LogP) is 1.80. The number of unbranched alkanes of at least 4 members (excludes halogenated alkanes) is 4. The maximum atomic E-state index is 5.68. The van der Waals surface area contributed by atoms with Gasteiger partial charge in [-0.25, -0.2) is 0 Å². The molecule has 2 heteroatoms. The molecule has 0 bridgehead atoms. The molecule has 0 saturated carbocycles. The Morgan fingerprint density at radius 2 is 1.67 bits per heavy atom. The van der Waals surface area contributed by atoms with E-state index in [0.29, 0.717) is 0 Å². The smallest absolute Gasteiger partial charge is 0.0221 e. The molecule has 1 atom stereocenters. The van der Waals surface area contributed by atoms with Gasteiger partial charge in [0.1, 0.15) is 0 Å². The van der Waals surface area contributed by atoms with Crippen molar-refractivity contribution in [3.8, 4) is 0 Å². The summed E-state index contributed by atoms with van der Waals surface area (Å²) in [6.07, 6.45) is 9.11. The fraction of sp³-hybridized carbons (Fsp3) is 0.800. The van der Waals surface area contributed by atoms with Crippen molar-refractivity contribution in [2.45, 2.75) is 44.6 Å². The first-order chi connectivity index (χ1) is 5.81. The summed E-state index contributed by atoms with van der Waals surface area (Å²) < 4.78 is 0. The van der Waals surface area contributed by atoms with Crippen LogP contribution in [0.3, 0.4) is 0 Å². The maximum Gasteiger partial charge on any atom is 0.0221 e. The van der Waals surface area contributed by atoms with Crippen molar-refractivity contribution in [2.75, 3.05) is 6.54 Å². The van der Waals surface area contributed by atoms with E-state index in [4.69, 9.17) is 11.5 Å². The highest BCUT2D eigenvalue weighted by Crippen LogP contribution is 2.06. The molecule has 0 aromatic carbocycles. The molecule has 0 aliphatic rings. The minimum atomic E-state index is 0.194. The van der Waals surface area contributed by atoms with Gasteiger partial charge < -0.3 is 11.5 Å². The topological polar surface area (TPSA) is 52.0 Å². The predicted molar refractivity (Wildman–Crippen MR) is 54.9 cm³/mol. The van der Waals surface area contributed by atoms with Gasteiger partial charge in [-0.2, -0.15) is 0 Å². The Kier molecular flexibility index (Phi) is 8.51. The third kappa shape index (κ3) is 7.76.